The second-order valence-electron chi connectivity index (χ2n) is 14.5. The van der Waals surface area contributed by atoms with Crippen molar-refractivity contribution < 1.29 is 43.1 Å². The Hall–Kier alpha value is -3.83. The lowest BCUT2D eigenvalue weighted by atomic mass is 9.90. The highest BCUT2D eigenvalue weighted by Gasteiger charge is 2.32. The number of nitrogens with one attached hydrogen (secondary N) is 1. The molecule has 12 heteroatoms. The molecule has 12 nitrogen and oxygen atoms in total. The van der Waals surface area contributed by atoms with Crippen molar-refractivity contribution in [3.63, 3.8) is 0 Å². The molecule has 1 rings (SSSR count). The summed E-state index contributed by atoms with van der Waals surface area (Å²) in [4.78, 5) is 74.2. The predicted octanol–water partition coefficient (Wildman–Crippen LogP) is 5.81. The van der Waals surface area contributed by atoms with E-state index in [2.05, 4.69) is 5.32 Å². The summed E-state index contributed by atoms with van der Waals surface area (Å²) >= 11 is 0. The first-order valence-corrected chi connectivity index (χ1v) is 15.7. The molecule has 258 valence electrons. The molecule has 0 saturated carbocycles. The Kier molecular flexibility index (Phi) is 15.5. The first-order valence-electron chi connectivity index (χ1n) is 15.7. The molecule has 0 bridgehead atoms. The second kappa shape index (κ2) is 17.8. The van der Waals surface area contributed by atoms with Crippen molar-refractivity contribution in [1.29, 1.82) is 0 Å². The van der Waals surface area contributed by atoms with Gasteiger partial charge in [-0.15, -0.1) is 0 Å². The van der Waals surface area contributed by atoms with Crippen LogP contribution in [0.5, 0.6) is 0 Å². The fourth-order valence-electron chi connectivity index (χ4n) is 4.42. The molecule has 1 N–H and O–H groups in total. The van der Waals surface area contributed by atoms with E-state index in [1.807, 2.05) is 0 Å². The zero-order chi connectivity index (χ0) is 35.3. The van der Waals surface area contributed by atoms with E-state index in [9.17, 15) is 34.1 Å². The lowest BCUT2D eigenvalue weighted by Gasteiger charge is -2.25. The summed E-state index contributed by atoms with van der Waals surface area (Å²) in [5, 5.41) is 13.6. The molecule has 1 aromatic rings. The molecule has 0 saturated heterocycles. The van der Waals surface area contributed by atoms with E-state index in [-0.39, 0.29) is 49.5 Å². The zero-order valence-corrected chi connectivity index (χ0v) is 28.9. The summed E-state index contributed by atoms with van der Waals surface area (Å²) in [7, 11) is 0. The number of nitrogens with zero attached hydrogens (tertiary/aromatic N) is 1. The maximum Gasteiger partial charge on any atom is 0.309 e. The summed E-state index contributed by atoms with van der Waals surface area (Å²) in [5.74, 6) is -3.81. The Morgan fingerprint density at radius 3 is 1.67 bits per heavy atom. The summed E-state index contributed by atoms with van der Waals surface area (Å²) in [6, 6.07) is 5.76. The van der Waals surface area contributed by atoms with Crippen LogP contribution in [0.15, 0.2) is 24.3 Å². The molecule has 0 spiro atoms. The van der Waals surface area contributed by atoms with Crippen molar-refractivity contribution in [3.8, 4) is 0 Å². The van der Waals surface area contributed by atoms with Gasteiger partial charge >= 0.3 is 17.9 Å². The summed E-state index contributed by atoms with van der Waals surface area (Å²) in [6.45, 7) is 15.9. The number of benzene rings is 1. The number of rotatable bonds is 17. The summed E-state index contributed by atoms with van der Waals surface area (Å²) in [6.07, 6.45) is 1.10. The van der Waals surface area contributed by atoms with E-state index >= 15 is 0 Å². The number of carbonyl (C=O) groups is 5. The SMILES string of the molecule is CC(C)(C)OC(=O)CC[C@H](CC(=O)C[C@@H](CCCCNC(=O)Cc1ccc([N+](=O)[O-])cc1)C(=O)OC(C)(C)C)C(=O)OC(C)(C)C. The Labute approximate surface area is 272 Å². The third-order valence-corrected chi connectivity index (χ3v) is 6.36. The van der Waals surface area contributed by atoms with Gasteiger partial charge in [0.1, 0.15) is 22.6 Å². The van der Waals surface area contributed by atoms with Crippen LogP contribution in [-0.4, -0.2) is 57.9 Å². The smallest absolute Gasteiger partial charge is 0.309 e. The number of ketones is 1. The summed E-state index contributed by atoms with van der Waals surface area (Å²) in [5.41, 5.74) is -1.66. The van der Waals surface area contributed by atoms with Crippen molar-refractivity contribution in [3.05, 3.63) is 39.9 Å². The van der Waals surface area contributed by atoms with Gasteiger partial charge in [-0.3, -0.25) is 34.1 Å². The Bertz CT molecular complexity index is 1200. The Balaban J connectivity index is 2.81. The van der Waals surface area contributed by atoms with Crippen LogP contribution in [-0.2, 0) is 44.6 Å². The molecule has 0 radical (unpaired) electrons. The van der Waals surface area contributed by atoms with Gasteiger partial charge in [0.2, 0.25) is 5.91 Å². The van der Waals surface area contributed by atoms with Crippen LogP contribution >= 0.6 is 0 Å². The van der Waals surface area contributed by atoms with Gasteiger partial charge in [-0.1, -0.05) is 18.6 Å². The number of ether oxygens (including phenoxy) is 3. The molecular weight excluding hydrogens is 596 g/mol. The number of nitro groups is 1. The van der Waals surface area contributed by atoms with Crippen LogP contribution in [0.4, 0.5) is 5.69 Å². The molecule has 0 heterocycles. The number of nitro benzene ring substituents is 1. The van der Waals surface area contributed by atoms with Crippen LogP contribution in [0.1, 0.15) is 113 Å². The van der Waals surface area contributed by atoms with E-state index in [0.29, 0.717) is 31.4 Å². The van der Waals surface area contributed by atoms with Gasteiger partial charge in [-0.2, -0.15) is 0 Å². The molecule has 1 aromatic carbocycles. The lowest BCUT2D eigenvalue weighted by molar-refractivity contribution is -0.384. The van der Waals surface area contributed by atoms with Crippen molar-refractivity contribution >= 4 is 35.3 Å². The third kappa shape index (κ3) is 18.2. The van der Waals surface area contributed by atoms with Crippen LogP contribution < -0.4 is 5.32 Å². The van der Waals surface area contributed by atoms with E-state index in [1.54, 1.807) is 62.3 Å². The Morgan fingerprint density at radius 1 is 0.739 bits per heavy atom. The first-order chi connectivity index (χ1) is 21.0. The lowest BCUT2D eigenvalue weighted by Crippen LogP contribution is -2.33. The highest BCUT2D eigenvalue weighted by molar-refractivity contribution is 5.88. The molecule has 0 fully saturated rings. The van der Waals surface area contributed by atoms with E-state index in [4.69, 9.17) is 14.2 Å². The number of hydrogen-bond donors (Lipinski definition) is 1. The topological polar surface area (TPSA) is 168 Å². The van der Waals surface area contributed by atoms with Crippen molar-refractivity contribution in [1.82, 2.24) is 5.32 Å². The van der Waals surface area contributed by atoms with Crippen LogP contribution in [0, 0.1) is 22.0 Å². The number of esters is 3. The molecule has 0 aromatic heterocycles. The minimum atomic E-state index is -0.885. The standard InChI is InChI=1S/C34H52N2O10/c1-32(2,3)44-29(39)18-15-25(31(41)46-34(7,8)9)22-27(37)21-24(30(40)45-33(4,5)6)12-10-11-19-35-28(38)20-23-13-16-26(17-14-23)36(42)43/h13-14,16-17,24-25H,10-12,15,18-22H2,1-9H3,(H,35,38)/t24-,25-/m1/s1. The largest absolute Gasteiger partial charge is 0.460 e. The number of hydrogen-bond acceptors (Lipinski definition) is 10. The minimum absolute atomic E-state index is 0.0525. The molecule has 2 atom stereocenters. The van der Waals surface area contributed by atoms with Gasteiger partial charge in [-0.05, 0) is 87.1 Å². The quantitative estimate of drug-likeness (QED) is 0.0715. The van der Waals surface area contributed by atoms with Crippen LogP contribution in [0.25, 0.3) is 0 Å². The average Bonchev–Trinajstić information content (AvgIpc) is 2.87. The number of Topliss-reactive ketones (excluding diaryl/α,β-unsaturated/α-hetero) is 1. The molecule has 0 aliphatic carbocycles. The molecule has 0 aliphatic rings. The summed E-state index contributed by atoms with van der Waals surface area (Å²) < 4.78 is 16.4. The molecule has 0 unspecified atom stereocenters. The molecule has 1 amide bonds. The predicted molar refractivity (Wildman–Crippen MR) is 172 cm³/mol. The number of unbranched alkanes of at least 4 members (excludes halogenated alkanes) is 1. The molecule has 0 aliphatic heterocycles. The fraction of sp³-hybridized carbons (Fsp3) is 0.676. The van der Waals surface area contributed by atoms with Gasteiger partial charge in [0.25, 0.3) is 5.69 Å². The highest BCUT2D eigenvalue weighted by Crippen LogP contribution is 2.25. The third-order valence-electron chi connectivity index (χ3n) is 6.36. The normalized spacial score (nSPS) is 13.2. The first kappa shape index (κ1) is 40.2. The van der Waals surface area contributed by atoms with Gasteiger partial charge in [0, 0.05) is 37.9 Å². The molecular formula is C34H52N2O10. The van der Waals surface area contributed by atoms with Crippen molar-refractivity contribution in [2.24, 2.45) is 11.8 Å². The van der Waals surface area contributed by atoms with E-state index in [0.717, 1.165) is 0 Å². The second-order valence-corrected chi connectivity index (χ2v) is 14.5. The monoisotopic (exact) mass is 648 g/mol. The Morgan fingerprint density at radius 2 is 1.22 bits per heavy atom. The highest BCUT2D eigenvalue weighted by atomic mass is 16.6. The number of carbonyl (C=O) groups excluding carboxylic acids is 5. The van der Waals surface area contributed by atoms with Gasteiger partial charge in [0.05, 0.1) is 23.2 Å². The average molecular weight is 649 g/mol. The van der Waals surface area contributed by atoms with Crippen LogP contribution in [0.2, 0.25) is 0 Å². The zero-order valence-electron chi connectivity index (χ0n) is 28.9. The van der Waals surface area contributed by atoms with Gasteiger partial charge < -0.3 is 19.5 Å². The van der Waals surface area contributed by atoms with Crippen molar-refractivity contribution in [2.75, 3.05) is 6.54 Å². The number of amides is 1. The van der Waals surface area contributed by atoms with Crippen molar-refractivity contribution in [2.45, 2.75) is 130 Å². The minimum Gasteiger partial charge on any atom is -0.460 e. The van der Waals surface area contributed by atoms with E-state index < -0.39 is 51.5 Å². The van der Waals surface area contributed by atoms with Crippen LogP contribution in [0.3, 0.4) is 0 Å². The van der Waals surface area contributed by atoms with E-state index in [1.165, 1.54) is 24.3 Å². The fourth-order valence-corrected chi connectivity index (χ4v) is 4.42. The maximum atomic E-state index is 13.3. The maximum absolute atomic E-state index is 13.3. The van der Waals surface area contributed by atoms with Gasteiger partial charge in [-0.25, -0.2) is 0 Å². The molecule has 46 heavy (non-hydrogen) atoms. The van der Waals surface area contributed by atoms with Gasteiger partial charge in [0.15, 0.2) is 0 Å². The number of non-ortho nitro benzene ring substituents is 1.